The number of hydrogen-bond acceptors (Lipinski definition) is 2. The summed E-state index contributed by atoms with van der Waals surface area (Å²) in [6.07, 6.45) is 6.02. The Morgan fingerprint density at radius 1 is 0.509 bits per heavy atom. The quantitative estimate of drug-likeness (QED) is 0.184. The first-order valence-corrected chi connectivity index (χ1v) is 18.8. The molecule has 0 saturated carbocycles. The third-order valence-corrected chi connectivity index (χ3v) is 10.9. The Labute approximate surface area is 320 Å². The van der Waals surface area contributed by atoms with E-state index in [0.717, 1.165) is 63.4 Å². The highest BCUT2D eigenvalue weighted by molar-refractivity contribution is 6.15. The van der Waals surface area contributed by atoms with E-state index >= 15 is 0 Å². The Morgan fingerprint density at radius 3 is 1.69 bits per heavy atom. The van der Waals surface area contributed by atoms with E-state index in [9.17, 15) is 0 Å². The third-order valence-electron chi connectivity index (χ3n) is 10.9. The van der Waals surface area contributed by atoms with E-state index < -0.39 is 0 Å². The van der Waals surface area contributed by atoms with E-state index in [1.165, 1.54) is 43.7 Å². The van der Waals surface area contributed by atoms with Crippen molar-refractivity contribution in [3.8, 4) is 22.5 Å². The molecule has 10 rings (SSSR count). The van der Waals surface area contributed by atoms with Crippen LogP contribution in [-0.4, -0.2) is 14.8 Å². The standard InChI is InChI=1S/C51H38N4/c1-34(53-46-24-11-8-23-43(46)51(52)35-15-4-2-5-16-35)36-17-14-20-40(31-36)55-48-26-13-10-22-42(48)45-33-38(28-30-50(45)55)37-27-29-49-44(32-37)41-21-9-12-25-47(41)54(49)39-18-6-3-7-19-39/h2-7,9-22,24-33H,1,8,23,52H2/b51-43-,53-46?. The molecule has 0 radical (unpaired) electrons. The minimum Gasteiger partial charge on any atom is -0.398 e. The van der Waals surface area contributed by atoms with Gasteiger partial charge in [0, 0.05) is 49.8 Å². The lowest BCUT2D eigenvalue weighted by molar-refractivity contribution is 1.00. The summed E-state index contributed by atoms with van der Waals surface area (Å²) >= 11 is 0. The average Bonchev–Trinajstić information content (AvgIpc) is 3.76. The van der Waals surface area contributed by atoms with Crippen LogP contribution < -0.4 is 5.73 Å². The van der Waals surface area contributed by atoms with Crippen LogP contribution in [0.2, 0.25) is 0 Å². The van der Waals surface area contributed by atoms with Gasteiger partial charge in [-0.25, -0.2) is 4.99 Å². The van der Waals surface area contributed by atoms with Gasteiger partial charge in [0.1, 0.15) is 0 Å². The van der Waals surface area contributed by atoms with Crippen LogP contribution in [0.3, 0.4) is 0 Å². The highest BCUT2D eigenvalue weighted by atomic mass is 15.0. The molecule has 0 spiro atoms. The molecule has 0 amide bonds. The number of rotatable bonds is 6. The van der Waals surface area contributed by atoms with Gasteiger partial charge in [0.2, 0.25) is 0 Å². The van der Waals surface area contributed by atoms with Crippen molar-refractivity contribution in [3.63, 3.8) is 0 Å². The number of para-hydroxylation sites is 3. The normalized spacial score (nSPS) is 14.7. The number of hydrogen-bond donors (Lipinski definition) is 1. The number of aliphatic imine (C=N–C) groups is 1. The van der Waals surface area contributed by atoms with Gasteiger partial charge >= 0.3 is 0 Å². The molecule has 4 heteroatoms. The van der Waals surface area contributed by atoms with Crippen molar-refractivity contribution in [1.29, 1.82) is 0 Å². The SMILES string of the molecule is C=C(N=C1C=CCC/C1=C(/N)c1ccccc1)c1cccc(-n2c3ccccc3c3cc(-c4ccc5c(c4)c4ccccc4n5-c4ccccc4)ccc32)c1. The van der Waals surface area contributed by atoms with Crippen LogP contribution in [0.25, 0.3) is 77.5 Å². The van der Waals surface area contributed by atoms with E-state index in [1.54, 1.807) is 0 Å². The van der Waals surface area contributed by atoms with Gasteiger partial charge in [-0.15, -0.1) is 0 Å². The molecule has 0 fully saturated rings. The van der Waals surface area contributed by atoms with Gasteiger partial charge in [0.15, 0.2) is 0 Å². The van der Waals surface area contributed by atoms with Crippen molar-refractivity contribution >= 4 is 60.7 Å². The Bertz CT molecular complexity index is 3050. The number of allylic oxidation sites excluding steroid dienone is 3. The number of aromatic nitrogens is 2. The molecule has 0 atom stereocenters. The van der Waals surface area contributed by atoms with Crippen molar-refractivity contribution in [2.75, 3.05) is 0 Å². The van der Waals surface area contributed by atoms with Crippen LogP contribution in [0.15, 0.2) is 199 Å². The zero-order valence-electron chi connectivity index (χ0n) is 30.4. The first-order chi connectivity index (χ1) is 27.1. The molecule has 2 heterocycles. The summed E-state index contributed by atoms with van der Waals surface area (Å²) in [5, 5.41) is 4.92. The molecule has 2 aromatic heterocycles. The van der Waals surface area contributed by atoms with E-state index in [-0.39, 0.29) is 0 Å². The number of nitrogens with two attached hydrogens (primary N) is 1. The molecule has 0 saturated heterocycles. The zero-order chi connectivity index (χ0) is 36.9. The van der Waals surface area contributed by atoms with Crippen LogP contribution in [0.5, 0.6) is 0 Å². The molecular weight excluding hydrogens is 669 g/mol. The lowest BCUT2D eigenvalue weighted by atomic mass is 9.94. The summed E-state index contributed by atoms with van der Waals surface area (Å²) in [6, 6.07) is 60.4. The summed E-state index contributed by atoms with van der Waals surface area (Å²) in [7, 11) is 0. The van der Waals surface area contributed by atoms with Gasteiger partial charge in [0.25, 0.3) is 0 Å². The number of nitrogens with zero attached hydrogens (tertiary/aromatic N) is 3. The van der Waals surface area contributed by atoms with E-state index in [0.29, 0.717) is 5.70 Å². The van der Waals surface area contributed by atoms with Crippen LogP contribution >= 0.6 is 0 Å². The minimum absolute atomic E-state index is 0.703. The molecule has 0 aliphatic heterocycles. The fraction of sp³-hybridized carbons (Fsp3) is 0.0392. The van der Waals surface area contributed by atoms with Gasteiger partial charge in [-0.2, -0.15) is 0 Å². The second kappa shape index (κ2) is 13.4. The third kappa shape index (κ3) is 5.58. The van der Waals surface area contributed by atoms with E-state index in [2.05, 4.69) is 180 Å². The monoisotopic (exact) mass is 706 g/mol. The molecule has 1 aliphatic carbocycles. The minimum atomic E-state index is 0.703. The highest BCUT2D eigenvalue weighted by Gasteiger charge is 2.18. The maximum atomic E-state index is 6.72. The Kier molecular flexibility index (Phi) is 7.88. The fourth-order valence-electron chi connectivity index (χ4n) is 8.29. The topological polar surface area (TPSA) is 48.2 Å². The van der Waals surface area contributed by atoms with Crippen LogP contribution in [-0.2, 0) is 0 Å². The van der Waals surface area contributed by atoms with Gasteiger partial charge < -0.3 is 14.9 Å². The predicted octanol–water partition coefficient (Wildman–Crippen LogP) is 12.7. The molecule has 7 aromatic carbocycles. The zero-order valence-corrected chi connectivity index (χ0v) is 30.4. The molecule has 55 heavy (non-hydrogen) atoms. The average molecular weight is 707 g/mol. The largest absolute Gasteiger partial charge is 0.398 e. The Hall–Kier alpha value is -7.17. The first kappa shape index (κ1) is 32.5. The van der Waals surface area contributed by atoms with Crippen molar-refractivity contribution in [2.24, 2.45) is 10.7 Å². The summed E-state index contributed by atoms with van der Waals surface area (Å²) in [5.74, 6) is 0. The van der Waals surface area contributed by atoms with Gasteiger partial charge in [-0.3, -0.25) is 0 Å². The lowest BCUT2D eigenvalue weighted by Crippen LogP contribution is -2.12. The van der Waals surface area contributed by atoms with Crippen LogP contribution in [0.4, 0.5) is 0 Å². The molecule has 0 unspecified atom stereocenters. The Balaban J connectivity index is 1.06. The smallest absolute Gasteiger partial charge is 0.0686 e. The van der Waals surface area contributed by atoms with Gasteiger partial charge in [-0.05, 0) is 96.3 Å². The predicted molar refractivity (Wildman–Crippen MR) is 233 cm³/mol. The number of benzene rings is 7. The van der Waals surface area contributed by atoms with Crippen molar-refractivity contribution < 1.29 is 0 Å². The van der Waals surface area contributed by atoms with Crippen LogP contribution in [0, 0.1) is 0 Å². The summed E-state index contributed by atoms with van der Waals surface area (Å²) in [5.41, 5.74) is 21.4. The molecule has 9 aromatic rings. The molecular formula is C51H38N4. The summed E-state index contributed by atoms with van der Waals surface area (Å²) < 4.78 is 4.72. The highest BCUT2D eigenvalue weighted by Crippen LogP contribution is 2.38. The van der Waals surface area contributed by atoms with Crippen molar-refractivity contribution in [1.82, 2.24) is 9.13 Å². The summed E-state index contributed by atoms with van der Waals surface area (Å²) in [6.45, 7) is 4.44. The second-order valence-corrected chi connectivity index (χ2v) is 14.2. The van der Waals surface area contributed by atoms with E-state index in [4.69, 9.17) is 10.7 Å². The molecule has 1 aliphatic rings. The fourth-order valence-corrected chi connectivity index (χ4v) is 8.29. The van der Waals surface area contributed by atoms with Crippen molar-refractivity contribution in [3.05, 3.63) is 205 Å². The second-order valence-electron chi connectivity index (χ2n) is 14.2. The Morgan fingerprint density at radius 2 is 1.04 bits per heavy atom. The molecule has 4 nitrogen and oxygen atoms in total. The van der Waals surface area contributed by atoms with E-state index in [1.807, 2.05) is 18.2 Å². The maximum Gasteiger partial charge on any atom is 0.0686 e. The van der Waals surface area contributed by atoms with Crippen molar-refractivity contribution in [2.45, 2.75) is 12.8 Å². The molecule has 0 bridgehead atoms. The molecule has 2 N–H and O–H groups in total. The van der Waals surface area contributed by atoms with Crippen LogP contribution in [0.1, 0.15) is 24.0 Å². The molecule has 262 valence electrons. The lowest BCUT2D eigenvalue weighted by Gasteiger charge is -2.17. The van der Waals surface area contributed by atoms with Gasteiger partial charge in [0.05, 0.1) is 33.5 Å². The van der Waals surface area contributed by atoms with Gasteiger partial charge in [-0.1, -0.05) is 122 Å². The summed E-state index contributed by atoms with van der Waals surface area (Å²) in [4.78, 5) is 5.07. The number of fused-ring (bicyclic) bond motifs is 6. The maximum absolute atomic E-state index is 6.72. The first-order valence-electron chi connectivity index (χ1n) is 18.8.